The topological polar surface area (TPSA) is 69.2 Å². The molecule has 7 heteroatoms. The lowest BCUT2D eigenvalue weighted by Crippen LogP contribution is -2.18. The number of rotatable bonds is 6. The molecule has 0 aliphatic heterocycles. The monoisotopic (exact) mass is 258 g/mol. The minimum Gasteiger partial charge on any atom is -0.467 e. The summed E-state index contributed by atoms with van der Waals surface area (Å²) in [4.78, 5) is 12.0. The van der Waals surface area contributed by atoms with Crippen LogP contribution in [0.4, 0.5) is 5.95 Å². The summed E-state index contributed by atoms with van der Waals surface area (Å²) in [6, 6.07) is 0.439. The van der Waals surface area contributed by atoms with E-state index in [1.54, 1.807) is 0 Å². The molecule has 1 aromatic rings. The van der Waals surface area contributed by atoms with Gasteiger partial charge in [0.25, 0.3) is 0 Å². The van der Waals surface area contributed by atoms with E-state index in [1.165, 1.54) is 27.1 Å². The van der Waals surface area contributed by atoms with E-state index in [4.69, 9.17) is 21.1 Å². The SMILES string of the molecule is COc1nc(NCC(Cl)C2CC2)nc(OC)n1. The number of methoxy groups -OCH3 is 2. The number of ether oxygens (including phenoxy) is 2. The lowest BCUT2D eigenvalue weighted by molar-refractivity contribution is 0.341. The molecule has 1 aromatic heterocycles. The molecule has 1 unspecified atom stereocenters. The highest BCUT2D eigenvalue weighted by molar-refractivity contribution is 6.21. The van der Waals surface area contributed by atoms with Crippen LogP contribution < -0.4 is 14.8 Å². The van der Waals surface area contributed by atoms with Crippen LogP contribution in [-0.2, 0) is 0 Å². The van der Waals surface area contributed by atoms with E-state index in [1.807, 2.05) is 0 Å². The molecule has 94 valence electrons. The first-order chi connectivity index (χ1) is 8.22. The smallest absolute Gasteiger partial charge is 0.324 e. The Hall–Kier alpha value is -1.30. The normalized spacial score (nSPS) is 16.4. The van der Waals surface area contributed by atoms with Crippen molar-refractivity contribution in [3.8, 4) is 12.0 Å². The van der Waals surface area contributed by atoms with Crippen molar-refractivity contribution < 1.29 is 9.47 Å². The van der Waals surface area contributed by atoms with Crippen molar-refractivity contribution in [1.29, 1.82) is 0 Å². The fourth-order valence-electron chi connectivity index (χ4n) is 1.41. The minimum atomic E-state index is 0.115. The predicted molar refractivity (Wildman–Crippen MR) is 63.8 cm³/mol. The van der Waals surface area contributed by atoms with E-state index in [2.05, 4.69) is 20.3 Å². The Morgan fingerprint density at radius 1 is 1.24 bits per heavy atom. The Balaban J connectivity index is 1.98. The van der Waals surface area contributed by atoms with E-state index in [-0.39, 0.29) is 17.4 Å². The van der Waals surface area contributed by atoms with Crippen LogP contribution in [-0.4, -0.2) is 41.1 Å². The van der Waals surface area contributed by atoms with Crippen molar-refractivity contribution in [2.24, 2.45) is 5.92 Å². The molecule has 1 aliphatic rings. The Labute approximate surface area is 105 Å². The lowest BCUT2D eigenvalue weighted by atomic mass is 10.3. The van der Waals surface area contributed by atoms with Gasteiger partial charge in [0.15, 0.2) is 0 Å². The summed E-state index contributed by atoms with van der Waals surface area (Å²) in [5.41, 5.74) is 0. The van der Waals surface area contributed by atoms with Gasteiger partial charge in [-0.05, 0) is 18.8 Å². The average molecular weight is 259 g/mol. The number of hydrogen-bond donors (Lipinski definition) is 1. The summed E-state index contributed by atoms with van der Waals surface area (Å²) in [5, 5.41) is 3.18. The molecule has 0 saturated heterocycles. The zero-order valence-electron chi connectivity index (χ0n) is 9.81. The van der Waals surface area contributed by atoms with Crippen molar-refractivity contribution in [3.63, 3.8) is 0 Å². The molecule has 0 aromatic carbocycles. The Kier molecular flexibility index (Phi) is 3.83. The van der Waals surface area contributed by atoms with Gasteiger partial charge >= 0.3 is 12.0 Å². The van der Waals surface area contributed by atoms with Crippen molar-refractivity contribution >= 4 is 17.5 Å². The fourth-order valence-corrected chi connectivity index (χ4v) is 1.74. The van der Waals surface area contributed by atoms with Gasteiger partial charge in [-0.3, -0.25) is 0 Å². The van der Waals surface area contributed by atoms with Gasteiger partial charge < -0.3 is 14.8 Å². The molecule has 1 aliphatic carbocycles. The van der Waals surface area contributed by atoms with Crippen LogP contribution in [0.25, 0.3) is 0 Å². The first-order valence-electron chi connectivity index (χ1n) is 5.45. The highest BCUT2D eigenvalue weighted by Gasteiger charge is 2.29. The van der Waals surface area contributed by atoms with Gasteiger partial charge in [-0.2, -0.15) is 9.97 Å². The van der Waals surface area contributed by atoms with Crippen LogP contribution in [0, 0.1) is 5.92 Å². The zero-order valence-corrected chi connectivity index (χ0v) is 10.6. The first-order valence-corrected chi connectivity index (χ1v) is 5.88. The average Bonchev–Trinajstić information content (AvgIpc) is 3.19. The second kappa shape index (κ2) is 5.35. The van der Waals surface area contributed by atoms with Gasteiger partial charge in [0.2, 0.25) is 5.95 Å². The number of aromatic nitrogens is 3. The van der Waals surface area contributed by atoms with Gasteiger partial charge in [0.05, 0.1) is 19.6 Å². The molecule has 6 nitrogen and oxygen atoms in total. The standard InChI is InChI=1S/C10H15ClN4O2/c1-16-9-13-8(14-10(15-9)17-2)12-5-7(11)6-3-4-6/h6-7H,3-5H2,1-2H3,(H,12,13,14,15). The van der Waals surface area contributed by atoms with E-state index >= 15 is 0 Å². The Bertz CT molecular complexity index is 364. The maximum absolute atomic E-state index is 6.18. The van der Waals surface area contributed by atoms with Gasteiger partial charge in [-0.25, -0.2) is 0 Å². The number of halogens is 1. The van der Waals surface area contributed by atoms with Gasteiger partial charge in [-0.1, -0.05) is 0 Å². The second-order valence-electron chi connectivity index (χ2n) is 3.87. The van der Waals surface area contributed by atoms with E-state index in [0.29, 0.717) is 18.4 Å². The number of nitrogens with one attached hydrogen (secondary N) is 1. The minimum absolute atomic E-state index is 0.115. The molecule has 17 heavy (non-hydrogen) atoms. The third kappa shape index (κ3) is 3.33. The third-order valence-electron chi connectivity index (χ3n) is 2.55. The van der Waals surface area contributed by atoms with Gasteiger partial charge in [-0.15, -0.1) is 16.6 Å². The van der Waals surface area contributed by atoms with Crippen LogP contribution in [0.3, 0.4) is 0 Å². The molecule has 0 spiro atoms. The lowest BCUT2D eigenvalue weighted by Gasteiger charge is -2.10. The molecule has 1 N–H and O–H groups in total. The van der Waals surface area contributed by atoms with E-state index in [0.717, 1.165) is 0 Å². The highest BCUT2D eigenvalue weighted by atomic mass is 35.5. The maximum atomic E-state index is 6.18. The van der Waals surface area contributed by atoms with Gasteiger partial charge in [0.1, 0.15) is 0 Å². The second-order valence-corrected chi connectivity index (χ2v) is 4.43. The molecule has 2 rings (SSSR count). The van der Waals surface area contributed by atoms with Crippen LogP contribution in [0.2, 0.25) is 0 Å². The fraction of sp³-hybridized carbons (Fsp3) is 0.700. The molecule has 0 radical (unpaired) electrons. The van der Waals surface area contributed by atoms with Crippen molar-refractivity contribution in [2.45, 2.75) is 18.2 Å². The predicted octanol–water partition coefficient (Wildman–Crippen LogP) is 1.32. The molecule has 0 bridgehead atoms. The number of nitrogens with zero attached hydrogens (tertiary/aromatic N) is 3. The highest BCUT2D eigenvalue weighted by Crippen LogP contribution is 2.35. The summed E-state index contributed by atoms with van der Waals surface area (Å²) in [5.74, 6) is 1.04. The van der Waals surface area contributed by atoms with E-state index in [9.17, 15) is 0 Å². The van der Waals surface area contributed by atoms with Crippen LogP contribution in [0.1, 0.15) is 12.8 Å². The maximum Gasteiger partial charge on any atom is 0.324 e. The quantitative estimate of drug-likeness (QED) is 0.776. The number of alkyl halides is 1. The largest absolute Gasteiger partial charge is 0.467 e. The Morgan fingerprint density at radius 3 is 2.29 bits per heavy atom. The van der Waals surface area contributed by atoms with Crippen molar-refractivity contribution in [3.05, 3.63) is 0 Å². The van der Waals surface area contributed by atoms with Gasteiger partial charge in [0, 0.05) is 6.54 Å². The summed E-state index contributed by atoms with van der Waals surface area (Å²) >= 11 is 6.18. The number of hydrogen-bond acceptors (Lipinski definition) is 6. The summed E-state index contributed by atoms with van der Waals surface area (Å²) in [6.07, 6.45) is 2.42. The molecule has 1 heterocycles. The number of anilines is 1. The van der Waals surface area contributed by atoms with Crippen molar-refractivity contribution in [2.75, 3.05) is 26.1 Å². The van der Waals surface area contributed by atoms with Crippen LogP contribution >= 0.6 is 11.6 Å². The van der Waals surface area contributed by atoms with E-state index < -0.39 is 0 Å². The van der Waals surface area contributed by atoms with Crippen molar-refractivity contribution in [1.82, 2.24) is 15.0 Å². The molecular formula is C10H15ClN4O2. The molecule has 1 atom stereocenters. The molecule has 1 saturated carbocycles. The zero-order chi connectivity index (χ0) is 12.3. The summed E-state index contributed by atoms with van der Waals surface area (Å²) in [7, 11) is 2.99. The molecular weight excluding hydrogens is 244 g/mol. The summed E-state index contributed by atoms with van der Waals surface area (Å²) in [6.45, 7) is 0.628. The van der Waals surface area contributed by atoms with Crippen LogP contribution in [0.5, 0.6) is 12.0 Å². The van der Waals surface area contributed by atoms with Crippen LogP contribution in [0.15, 0.2) is 0 Å². The molecule has 1 fully saturated rings. The summed E-state index contributed by atoms with van der Waals surface area (Å²) < 4.78 is 9.90. The Morgan fingerprint density at radius 2 is 1.82 bits per heavy atom. The molecule has 0 amide bonds. The first kappa shape index (κ1) is 12.2. The third-order valence-corrected chi connectivity index (χ3v) is 3.06.